The summed E-state index contributed by atoms with van der Waals surface area (Å²) in [6, 6.07) is 12.8. The van der Waals surface area contributed by atoms with Gasteiger partial charge in [-0.15, -0.1) is 0 Å². The number of sulfonamides is 1. The molecule has 10 nitrogen and oxygen atoms in total. The lowest BCUT2D eigenvalue weighted by Crippen LogP contribution is -2.50. The summed E-state index contributed by atoms with van der Waals surface area (Å²) in [5.41, 5.74) is 12.4. The summed E-state index contributed by atoms with van der Waals surface area (Å²) in [6.07, 6.45) is 1.58. The van der Waals surface area contributed by atoms with E-state index < -0.39 is 49.4 Å². The van der Waals surface area contributed by atoms with E-state index in [9.17, 15) is 21.6 Å². The quantitative estimate of drug-likeness (QED) is 0.249. The molecule has 0 aromatic heterocycles. The topological polar surface area (TPSA) is 171 Å². The van der Waals surface area contributed by atoms with Crippen molar-refractivity contribution in [3.63, 3.8) is 0 Å². The van der Waals surface area contributed by atoms with Gasteiger partial charge >= 0.3 is 0 Å². The minimum Gasteiger partial charge on any atom is -0.497 e. The molecule has 0 fully saturated rings. The molecule has 0 saturated carbocycles. The van der Waals surface area contributed by atoms with Crippen LogP contribution in [0.5, 0.6) is 5.75 Å². The molecule has 6 N–H and O–H groups in total. The summed E-state index contributed by atoms with van der Waals surface area (Å²) < 4.78 is 58.0. The number of benzene rings is 2. The number of hydrogen-bond acceptors (Lipinski definition) is 8. The van der Waals surface area contributed by atoms with Gasteiger partial charge < -0.3 is 21.5 Å². The van der Waals surface area contributed by atoms with Crippen molar-refractivity contribution in [3.8, 4) is 5.75 Å². The first-order valence-corrected chi connectivity index (χ1v) is 14.7. The minimum atomic E-state index is -3.83. The van der Waals surface area contributed by atoms with E-state index in [4.69, 9.17) is 16.2 Å². The third-order valence-electron chi connectivity index (χ3n) is 5.14. The molecule has 2 aromatic carbocycles. The first kappa shape index (κ1) is 28.6. The molecule has 2 rings (SSSR count). The summed E-state index contributed by atoms with van der Waals surface area (Å²) in [5, 5.41) is 2.61. The smallest absolute Gasteiger partial charge is 0.238 e. The van der Waals surface area contributed by atoms with Crippen molar-refractivity contribution < 1.29 is 26.4 Å². The molecular formula is C23H34N4O6S2. The van der Waals surface area contributed by atoms with E-state index in [2.05, 4.69) is 10.0 Å². The Morgan fingerprint density at radius 3 is 2.23 bits per heavy atom. The maximum Gasteiger partial charge on any atom is 0.238 e. The van der Waals surface area contributed by atoms with Crippen molar-refractivity contribution in [2.75, 3.05) is 29.9 Å². The fraction of sp³-hybridized carbons (Fsp3) is 0.435. The standard InChI is InChI=1S/C23H34N4O6S2/c1-33-21-12-10-19(11-13-21)27-35(31,32)16-20(9-5-6-14-24)26-23(28)22(25)17-34(29,30)15-18-7-3-2-4-8-18/h2-4,7-8,10-13,20,22,27H,5-6,9,14-17,24-25H2,1H3,(H,26,28). The van der Waals surface area contributed by atoms with Crippen LogP contribution < -0.4 is 26.2 Å². The van der Waals surface area contributed by atoms with Gasteiger partial charge in [-0.05, 0) is 49.2 Å². The second-order valence-corrected chi connectivity index (χ2v) is 12.1. The van der Waals surface area contributed by atoms with Gasteiger partial charge in [-0.1, -0.05) is 36.8 Å². The van der Waals surface area contributed by atoms with Gasteiger partial charge in [0.1, 0.15) is 5.75 Å². The van der Waals surface area contributed by atoms with Crippen LogP contribution in [0.2, 0.25) is 0 Å². The van der Waals surface area contributed by atoms with Gasteiger partial charge in [0.25, 0.3) is 0 Å². The van der Waals surface area contributed by atoms with Gasteiger partial charge in [0.05, 0.1) is 30.4 Å². The Kier molecular flexibility index (Phi) is 11.0. The van der Waals surface area contributed by atoms with Crippen molar-refractivity contribution in [2.45, 2.75) is 37.1 Å². The number of ether oxygens (including phenoxy) is 1. The first-order valence-electron chi connectivity index (χ1n) is 11.2. The Morgan fingerprint density at radius 1 is 0.971 bits per heavy atom. The van der Waals surface area contributed by atoms with E-state index in [0.717, 1.165) is 0 Å². The van der Waals surface area contributed by atoms with Gasteiger partial charge in [0.15, 0.2) is 9.84 Å². The van der Waals surface area contributed by atoms with Crippen LogP contribution in [-0.2, 0) is 30.4 Å². The zero-order valence-corrected chi connectivity index (χ0v) is 21.4. The Hall–Kier alpha value is -2.67. The zero-order valence-electron chi connectivity index (χ0n) is 19.7. The lowest BCUT2D eigenvalue weighted by Gasteiger charge is -2.21. The van der Waals surface area contributed by atoms with E-state index >= 15 is 0 Å². The highest BCUT2D eigenvalue weighted by Crippen LogP contribution is 2.17. The normalized spacial score (nSPS) is 13.6. The van der Waals surface area contributed by atoms with Crippen molar-refractivity contribution in [1.29, 1.82) is 0 Å². The summed E-state index contributed by atoms with van der Waals surface area (Å²) in [6.45, 7) is 0.425. The van der Waals surface area contributed by atoms with Crippen molar-refractivity contribution >= 4 is 31.5 Å². The van der Waals surface area contributed by atoms with E-state index in [1.165, 1.54) is 7.11 Å². The van der Waals surface area contributed by atoms with Gasteiger partial charge in [0.2, 0.25) is 15.9 Å². The van der Waals surface area contributed by atoms with Crippen LogP contribution >= 0.6 is 0 Å². The molecule has 0 aliphatic carbocycles. The number of methoxy groups -OCH3 is 1. The van der Waals surface area contributed by atoms with Crippen LogP contribution in [0.3, 0.4) is 0 Å². The number of carbonyl (C=O) groups is 1. The Balaban J connectivity index is 2.02. The average molecular weight is 527 g/mol. The number of nitrogens with two attached hydrogens (primary N) is 2. The molecular weight excluding hydrogens is 492 g/mol. The molecule has 35 heavy (non-hydrogen) atoms. The van der Waals surface area contributed by atoms with Crippen LogP contribution in [0.1, 0.15) is 24.8 Å². The van der Waals surface area contributed by atoms with E-state index in [1.807, 2.05) is 0 Å². The molecule has 0 radical (unpaired) electrons. The van der Waals surface area contributed by atoms with Crippen molar-refractivity contribution in [2.24, 2.45) is 11.5 Å². The molecule has 2 aromatic rings. The molecule has 0 aliphatic heterocycles. The van der Waals surface area contributed by atoms with Gasteiger partial charge in [-0.2, -0.15) is 0 Å². The molecule has 0 spiro atoms. The number of amides is 1. The molecule has 2 atom stereocenters. The van der Waals surface area contributed by atoms with Gasteiger partial charge in [-0.3, -0.25) is 9.52 Å². The van der Waals surface area contributed by atoms with Crippen molar-refractivity contribution in [3.05, 3.63) is 60.2 Å². The monoisotopic (exact) mass is 526 g/mol. The number of nitrogens with one attached hydrogen (secondary N) is 2. The van der Waals surface area contributed by atoms with Crippen LogP contribution in [-0.4, -0.2) is 60.0 Å². The predicted molar refractivity (Wildman–Crippen MR) is 137 cm³/mol. The Labute approximate surface area is 207 Å². The average Bonchev–Trinajstić information content (AvgIpc) is 2.79. The lowest BCUT2D eigenvalue weighted by molar-refractivity contribution is -0.122. The molecule has 2 unspecified atom stereocenters. The number of rotatable bonds is 15. The van der Waals surface area contributed by atoms with Crippen LogP contribution in [0.25, 0.3) is 0 Å². The molecule has 12 heteroatoms. The second kappa shape index (κ2) is 13.4. The van der Waals surface area contributed by atoms with E-state index in [0.29, 0.717) is 42.8 Å². The summed E-state index contributed by atoms with van der Waals surface area (Å²) in [4.78, 5) is 12.7. The van der Waals surface area contributed by atoms with E-state index in [-0.39, 0.29) is 5.75 Å². The number of sulfone groups is 1. The highest BCUT2D eigenvalue weighted by molar-refractivity contribution is 7.92. The molecule has 1 amide bonds. The minimum absolute atomic E-state index is 0.241. The van der Waals surface area contributed by atoms with Crippen LogP contribution in [0.4, 0.5) is 5.69 Å². The highest BCUT2D eigenvalue weighted by atomic mass is 32.2. The molecule has 0 bridgehead atoms. The zero-order chi connectivity index (χ0) is 25.9. The Morgan fingerprint density at radius 2 is 1.63 bits per heavy atom. The second-order valence-electron chi connectivity index (χ2n) is 8.25. The fourth-order valence-electron chi connectivity index (χ4n) is 3.42. The molecule has 194 valence electrons. The third-order valence-corrected chi connectivity index (χ3v) is 8.16. The molecule has 0 heterocycles. The van der Waals surface area contributed by atoms with Crippen molar-refractivity contribution in [1.82, 2.24) is 5.32 Å². The SMILES string of the molecule is COc1ccc(NS(=O)(=O)CC(CCCCN)NC(=O)C(N)CS(=O)(=O)Cc2ccccc2)cc1. The Bertz CT molecular complexity index is 1140. The summed E-state index contributed by atoms with van der Waals surface area (Å²) >= 11 is 0. The number of unbranched alkanes of at least 4 members (excludes halogenated alkanes) is 1. The summed E-state index contributed by atoms with van der Waals surface area (Å²) in [5.74, 6) is -1.34. The molecule has 0 saturated heterocycles. The molecule has 0 aliphatic rings. The lowest BCUT2D eigenvalue weighted by atomic mass is 10.1. The maximum atomic E-state index is 12.7. The predicted octanol–water partition coefficient (Wildman–Crippen LogP) is 0.993. The van der Waals surface area contributed by atoms with Crippen LogP contribution in [0.15, 0.2) is 54.6 Å². The fourth-order valence-corrected chi connectivity index (χ4v) is 6.30. The van der Waals surface area contributed by atoms with Gasteiger partial charge in [-0.25, -0.2) is 16.8 Å². The third kappa shape index (κ3) is 10.6. The largest absolute Gasteiger partial charge is 0.497 e. The highest BCUT2D eigenvalue weighted by Gasteiger charge is 2.26. The number of hydrogen-bond donors (Lipinski definition) is 4. The number of anilines is 1. The maximum absolute atomic E-state index is 12.7. The number of carbonyl (C=O) groups excluding carboxylic acids is 1. The van der Waals surface area contributed by atoms with Gasteiger partial charge in [0, 0.05) is 11.7 Å². The first-order chi connectivity index (χ1) is 16.5. The van der Waals surface area contributed by atoms with E-state index in [1.54, 1.807) is 54.6 Å². The summed E-state index contributed by atoms with van der Waals surface area (Å²) in [7, 11) is -5.99. The van der Waals surface area contributed by atoms with Crippen LogP contribution in [0, 0.1) is 0 Å².